The summed E-state index contributed by atoms with van der Waals surface area (Å²) in [4.78, 5) is 4.32. The average Bonchev–Trinajstić information content (AvgIpc) is 2.61. The van der Waals surface area contributed by atoms with Crippen molar-refractivity contribution >= 4 is 0 Å². The number of hydrogen-bond donors (Lipinski definition) is 1. The average molecular weight is 238 g/mol. The Balaban J connectivity index is 2.66. The van der Waals surface area contributed by atoms with Crippen molar-refractivity contribution in [2.24, 2.45) is 12.5 Å². The van der Waals surface area contributed by atoms with Crippen molar-refractivity contribution in [3.05, 3.63) is 12.2 Å². The maximum atomic E-state index is 4.32. The topological polar surface area (TPSA) is 42.7 Å². The Labute approximate surface area is 105 Å². The second-order valence-corrected chi connectivity index (χ2v) is 6.24. The molecule has 0 fully saturated rings. The summed E-state index contributed by atoms with van der Waals surface area (Å²) in [5.41, 5.74) is 0.393. The molecule has 1 unspecified atom stereocenters. The van der Waals surface area contributed by atoms with Crippen LogP contribution in [0.2, 0.25) is 0 Å². The predicted octanol–water partition coefficient (Wildman–Crippen LogP) is 2.16. The zero-order chi connectivity index (χ0) is 13.1. The molecule has 17 heavy (non-hydrogen) atoms. The van der Waals surface area contributed by atoms with E-state index in [0.29, 0.717) is 0 Å². The summed E-state index contributed by atoms with van der Waals surface area (Å²) in [6.07, 6.45) is 3.72. The minimum atomic E-state index is 0.163. The molecular formula is C13H26N4. The van der Waals surface area contributed by atoms with Gasteiger partial charge < -0.3 is 5.32 Å². The smallest absolute Gasteiger partial charge is 0.138 e. The SMILES string of the molecule is CCC(C)(CNC(C)(C)C)Cc1ncnn1C. The fraction of sp³-hybridized carbons (Fsp3) is 0.846. The predicted molar refractivity (Wildman–Crippen MR) is 70.9 cm³/mol. The van der Waals surface area contributed by atoms with E-state index in [0.717, 1.165) is 25.2 Å². The number of rotatable bonds is 5. The molecule has 1 atom stereocenters. The van der Waals surface area contributed by atoms with Gasteiger partial charge in [0.2, 0.25) is 0 Å². The van der Waals surface area contributed by atoms with Gasteiger partial charge in [0.1, 0.15) is 12.2 Å². The minimum Gasteiger partial charge on any atom is -0.312 e. The van der Waals surface area contributed by atoms with Crippen LogP contribution in [0.25, 0.3) is 0 Å². The van der Waals surface area contributed by atoms with Crippen LogP contribution in [-0.4, -0.2) is 26.8 Å². The maximum absolute atomic E-state index is 4.32. The van der Waals surface area contributed by atoms with Gasteiger partial charge in [-0.15, -0.1) is 0 Å². The van der Waals surface area contributed by atoms with Crippen molar-refractivity contribution in [3.8, 4) is 0 Å². The largest absolute Gasteiger partial charge is 0.312 e. The zero-order valence-electron chi connectivity index (χ0n) is 12.0. The van der Waals surface area contributed by atoms with E-state index >= 15 is 0 Å². The van der Waals surface area contributed by atoms with Crippen molar-refractivity contribution in [3.63, 3.8) is 0 Å². The van der Waals surface area contributed by atoms with E-state index in [1.807, 2.05) is 11.7 Å². The molecule has 4 heteroatoms. The fourth-order valence-corrected chi connectivity index (χ4v) is 1.65. The number of aromatic nitrogens is 3. The first-order valence-corrected chi connectivity index (χ1v) is 6.34. The van der Waals surface area contributed by atoms with Gasteiger partial charge in [0.25, 0.3) is 0 Å². The number of nitrogens with zero attached hydrogens (tertiary/aromatic N) is 3. The Kier molecular flexibility index (Phi) is 4.31. The van der Waals surface area contributed by atoms with Gasteiger partial charge in [0.15, 0.2) is 0 Å². The van der Waals surface area contributed by atoms with E-state index < -0.39 is 0 Å². The third-order valence-corrected chi connectivity index (χ3v) is 3.29. The van der Waals surface area contributed by atoms with Gasteiger partial charge in [0, 0.05) is 25.6 Å². The highest BCUT2D eigenvalue weighted by Crippen LogP contribution is 2.25. The molecule has 4 nitrogen and oxygen atoms in total. The van der Waals surface area contributed by atoms with E-state index in [2.05, 4.69) is 50.0 Å². The van der Waals surface area contributed by atoms with Gasteiger partial charge in [-0.3, -0.25) is 4.68 Å². The quantitative estimate of drug-likeness (QED) is 0.855. The molecule has 0 saturated heterocycles. The van der Waals surface area contributed by atoms with Crippen molar-refractivity contribution in [2.75, 3.05) is 6.54 Å². The van der Waals surface area contributed by atoms with Crippen LogP contribution in [0.5, 0.6) is 0 Å². The monoisotopic (exact) mass is 238 g/mol. The lowest BCUT2D eigenvalue weighted by atomic mass is 9.83. The summed E-state index contributed by atoms with van der Waals surface area (Å²) in [6, 6.07) is 0. The summed E-state index contributed by atoms with van der Waals surface area (Å²) >= 11 is 0. The summed E-state index contributed by atoms with van der Waals surface area (Å²) in [7, 11) is 1.95. The molecule has 0 saturated carbocycles. The first-order chi connectivity index (χ1) is 7.76. The zero-order valence-corrected chi connectivity index (χ0v) is 12.0. The van der Waals surface area contributed by atoms with E-state index in [1.54, 1.807) is 6.33 Å². The molecule has 98 valence electrons. The summed E-state index contributed by atoms with van der Waals surface area (Å²) in [5.74, 6) is 1.06. The van der Waals surface area contributed by atoms with Crippen LogP contribution in [0.1, 0.15) is 46.9 Å². The molecular weight excluding hydrogens is 212 g/mol. The van der Waals surface area contributed by atoms with Crippen LogP contribution >= 0.6 is 0 Å². The van der Waals surface area contributed by atoms with E-state index in [4.69, 9.17) is 0 Å². The van der Waals surface area contributed by atoms with E-state index in [1.165, 1.54) is 0 Å². The van der Waals surface area contributed by atoms with Crippen LogP contribution in [0.3, 0.4) is 0 Å². The lowest BCUT2D eigenvalue weighted by Crippen LogP contribution is -2.43. The molecule has 0 aliphatic heterocycles. The molecule has 1 rings (SSSR count). The van der Waals surface area contributed by atoms with Crippen molar-refractivity contribution in [1.82, 2.24) is 20.1 Å². The third-order valence-electron chi connectivity index (χ3n) is 3.29. The lowest BCUT2D eigenvalue weighted by molar-refractivity contribution is 0.248. The standard InChI is InChI=1S/C13H26N4/c1-7-13(5,9-15-12(2,3)4)8-11-14-10-16-17(11)6/h10,15H,7-9H2,1-6H3. The third kappa shape index (κ3) is 4.46. The molecule has 0 aromatic carbocycles. The Morgan fingerprint density at radius 2 is 1.94 bits per heavy atom. The molecule has 0 aliphatic rings. The Morgan fingerprint density at radius 3 is 2.35 bits per heavy atom. The van der Waals surface area contributed by atoms with E-state index in [-0.39, 0.29) is 11.0 Å². The maximum Gasteiger partial charge on any atom is 0.138 e. The number of nitrogens with one attached hydrogen (secondary N) is 1. The first kappa shape index (κ1) is 14.2. The minimum absolute atomic E-state index is 0.163. The molecule has 0 bridgehead atoms. The van der Waals surface area contributed by atoms with Gasteiger partial charge in [-0.2, -0.15) is 5.10 Å². The molecule has 0 aliphatic carbocycles. The Hall–Kier alpha value is -0.900. The number of hydrogen-bond acceptors (Lipinski definition) is 3. The van der Waals surface area contributed by atoms with Gasteiger partial charge in [-0.05, 0) is 32.6 Å². The molecule has 0 amide bonds. The highest BCUT2D eigenvalue weighted by molar-refractivity contribution is 4.93. The van der Waals surface area contributed by atoms with E-state index in [9.17, 15) is 0 Å². The Bertz CT molecular complexity index is 351. The van der Waals surface area contributed by atoms with Crippen LogP contribution in [-0.2, 0) is 13.5 Å². The Morgan fingerprint density at radius 1 is 1.29 bits per heavy atom. The van der Waals surface area contributed by atoms with Crippen molar-refractivity contribution < 1.29 is 0 Å². The lowest BCUT2D eigenvalue weighted by Gasteiger charge is -2.32. The van der Waals surface area contributed by atoms with Crippen LogP contribution in [0, 0.1) is 5.41 Å². The van der Waals surface area contributed by atoms with Crippen LogP contribution < -0.4 is 5.32 Å². The molecule has 1 aromatic rings. The second kappa shape index (κ2) is 5.17. The molecule has 0 radical (unpaired) electrons. The van der Waals surface area contributed by atoms with Gasteiger partial charge in [-0.1, -0.05) is 13.8 Å². The summed E-state index contributed by atoms with van der Waals surface area (Å²) < 4.78 is 1.87. The van der Waals surface area contributed by atoms with Crippen LogP contribution in [0.15, 0.2) is 6.33 Å². The number of aryl methyl sites for hydroxylation is 1. The molecule has 1 N–H and O–H groups in total. The van der Waals surface area contributed by atoms with Gasteiger partial charge >= 0.3 is 0 Å². The summed E-state index contributed by atoms with van der Waals surface area (Å²) in [6.45, 7) is 12.1. The highest BCUT2D eigenvalue weighted by Gasteiger charge is 2.26. The highest BCUT2D eigenvalue weighted by atomic mass is 15.3. The second-order valence-electron chi connectivity index (χ2n) is 6.24. The van der Waals surface area contributed by atoms with Crippen LogP contribution in [0.4, 0.5) is 0 Å². The van der Waals surface area contributed by atoms with Gasteiger partial charge in [-0.25, -0.2) is 4.98 Å². The normalized spacial score (nSPS) is 15.9. The molecule has 1 aromatic heterocycles. The van der Waals surface area contributed by atoms with Crippen molar-refractivity contribution in [1.29, 1.82) is 0 Å². The fourth-order valence-electron chi connectivity index (χ4n) is 1.65. The first-order valence-electron chi connectivity index (χ1n) is 6.34. The van der Waals surface area contributed by atoms with Crippen molar-refractivity contribution in [2.45, 2.75) is 53.0 Å². The molecule has 1 heterocycles. The molecule has 0 spiro atoms. The van der Waals surface area contributed by atoms with Gasteiger partial charge in [0.05, 0.1) is 0 Å². The summed E-state index contributed by atoms with van der Waals surface area (Å²) in [5, 5.41) is 7.72.